The Bertz CT molecular complexity index is 1180. The van der Waals surface area contributed by atoms with Crippen LogP contribution in [-0.2, 0) is 0 Å². The lowest BCUT2D eigenvalue weighted by Crippen LogP contribution is -2.27. The molecular formula is C21H20Cl2N6. The molecule has 0 unspecified atom stereocenters. The highest BCUT2D eigenvalue weighted by Gasteiger charge is 2.36. The Morgan fingerprint density at radius 1 is 1.03 bits per heavy atom. The second kappa shape index (κ2) is 7.04. The molecule has 0 spiro atoms. The van der Waals surface area contributed by atoms with Crippen LogP contribution in [0, 0.1) is 12.8 Å². The van der Waals surface area contributed by atoms with Crippen molar-refractivity contribution in [3.8, 4) is 5.69 Å². The average Bonchev–Trinajstić information content (AvgIpc) is 3.40. The summed E-state index contributed by atoms with van der Waals surface area (Å²) in [5.74, 6) is 1.36. The summed E-state index contributed by atoms with van der Waals surface area (Å²) in [5.41, 5.74) is 4.89. The first-order valence-electron chi connectivity index (χ1n) is 9.60. The van der Waals surface area contributed by atoms with Gasteiger partial charge >= 0.3 is 0 Å². The van der Waals surface area contributed by atoms with Crippen molar-refractivity contribution in [3.63, 3.8) is 0 Å². The fourth-order valence-electron chi connectivity index (χ4n) is 4.28. The Hall–Kier alpha value is -2.57. The normalized spacial score (nSPS) is 19.4. The van der Waals surface area contributed by atoms with Crippen LogP contribution in [0.4, 0.5) is 5.69 Å². The molecule has 8 heteroatoms. The minimum atomic E-state index is 0.0911. The van der Waals surface area contributed by atoms with Crippen LogP contribution in [0.1, 0.15) is 30.8 Å². The smallest absolute Gasteiger partial charge is 0.130 e. The zero-order valence-corrected chi connectivity index (χ0v) is 17.6. The molecule has 1 aliphatic heterocycles. The Balaban J connectivity index is 1.64. The minimum absolute atomic E-state index is 0.0911. The van der Waals surface area contributed by atoms with E-state index in [0.29, 0.717) is 16.0 Å². The molecule has 29 heavy (non-hydrogen) atoms. The SMILES string of the molecule is Cc1cc(Cl)cc2[nH]c([C@@H]3[C@@H](C)CCN3c3cc(Cl)ccc3-n3nccn3)nc12. The maximum Gasteiger partial charge on any atom is 0.130 e. The summed E-state index contributed by atoms with van der Waals surface area (Å²) in [7, 11) is 0. The van der Waals surface area contributed by atoms with Crippen LogP contribution in [0.25, 0.3) is 16.7 Å². The number of nitrogens with zero attached hydrogens (tertiary/aromatic N) is 5. The summed E-state index contributed by atoms with van der Waals surface area (Å²) in [6.45, 7) is 5.19. The van der Waals surface area contributed by atoms with Gasteiger partial charge in [0.1, 0.15) is 11.5 Å². The fraction of sp³-hybridized carbons (Fsp3) is 0.286. The molecule has 1 N–H and O–H groups in total. The predicted octanol–water partition coefficient (Wildman–Crippen LogP) is 5.35. The monoisotopic (exact) mass is 426 g/mol. The number of hydrogen-bond donors (Lipinski definition) is 1. The number of imidazole rings is 1. The van der Waals surface area contributed by atoms with E-state index in [1.54, 1.807) is 17.2 Å². The lowest BCUT2D eigenvalue weighted by Gasteiger charge is -2.29. The molecule has 0 aliphatic carbocycles. The predicted molar refractivity (Wildman–Crippen MR) is 116 cm³/mol. The third kappa shape index (κ3) is 3.16. The highest BCUT2D eigenvalue weighted by atomic mass is 35.5. The number of aromatic nitrogens is 5. The molecule has 1 fully saturated rings. The summed E-state index contributed by atoms with van der Waals surface area (Å²) in [6.07, 6.45) is 4.41. The molecule has 0 saturated carbocycles. The van der Waals surface area contributed by atoms with Gasteiger partial charge in [-0.1, -0.05) is 30.1 Å². The number of aromatic amines is 1. The molecule has 4 aromatic rings. The third-order valence-electron chi connectivity index (χ3n) is 5.62. The molecule has 2 atom stereocenters. The van der Waals surface area contributed by atoms with Crippen LogP contribution >= 0.6 is 23.2 Å². The van der Waals surface area contributed by atoms with Crippen molar-refractivity contribution in [2.75, 3.05) is 11.4 Å². The van der Waals surface area contributed by atoms with E-state index in [2.05, 4.69) is 27.0 Å². The first-order valence-corrected chi connectivity index (χ1v) is 10.4. The van der Waals surface area contributed by atoms with Crippen LogP contribution in [0.5, 0.6) is 0 Å². The van der Waals surface area contributed by atoms with Crippen molar-refractivity contribution >= 4 is 39.9 Å². The van der Waals surface area contributed by atoms with Gasteiger partial charge in [-0.2, -0.15) is 10.2 Å². The molecular weight excluding hydrogens is 407 g/mol. The molecule has 0 bridgehead atoms. The standard InChI is InChI=1S/C21H20Cl2N6/c1-12-5-8-28(18-11-14(22)3-4-17(18)29-24-6-7-25-29)20(12)21-26-16-10-15(23)9-13(2)19(16)27-21/h3-4,6-7,9-12,20H,5,8H2,1-2H3,(H,26,27)/t12-,20-/m0/s1. The average molecular weight is 427 g/mol. The summed E-state index contributed by atoms with van der Waals surface area (Å²) >= 11 is 12.6. The van der Waals surface area contributed by atoms with E-state index in [1.165, 1.54) is 0 Å². The fourth-order valence-corrected chi connectivity index (χ4v) is 4.71. The molecule has 0 radical (unpaired) electrons. The van der Waals surface area contributed by atoms with Gasteiger partial charge in [0.2, 0.25) is 0 Å². The van der Waals surface area contributed by atoms with E-state index in [-0.39, 0.29) is 6.04 Å². The molecule has 148 valence electrons. The van der Waals surface area contributed by atoms with E-state index < -0.39 is 0 Å². The largest absolute Gasteiger partial charge is 0.359 e. The van der Waals surface area contributed by atoms with E-state index >= 15 is 0 Å². The van der Waals surface area contributed by atoms with Gasteiger partial charge in [0.25, 0.3) is 0 Å². The number of nitrogens with one attached hydrogen (secondary N) is 1. The van der Waals surface area contributed by atoms with Crippen LogP contribution in [0.3, 0.4) is 0 Å². The summed E-state index contributed by atoms with van der Waals surface area (Å²) in [4.78, 5) is 12.4. The highest BCUT2D eigenvalue weighted by molar-refractivity contribution is 6.31. The van der Waals surface area contributed by atoms with Gasteiger partial charge in [-0.3, -0.25) is 0 Å². The minimum Gasteiger partial charge on any atom is -0.359 e. The Morgan fingerprint density at radius 2 is 1.83 bits per heavy atom. The maximum absolute atomic E-state index is 6.37. The van der Waals surface area contributed by atoms with Crippen molar-refractivity contribution in [1.82, 2.24) is 25.0 Å². The maximum atomic E-state index is 6.37. The zero-order chi connectivity index (χ0) is 20.1. The van der Waals surface area contributed by atoms with E-state index in [4.69, 9.17) is 28.2 Å². The quantitative estimate of drug-likeness (QED) is 0.479. The van der Waals surface area contributed by atoms with Crippen molar-refractivity contribution < 1.29 is 0 Å². The number of H-pyrrole nitrogens is 1. The lowest BCUT2D eigenvalue weighted by atomic mass is 10.0. The van der Waals surface area contributed by atoms with Crippen molar-refractivity contribution in [2.24, 2.45) is 5.92 Å². The number of halogens is 2. The molecule has 6 nitrogen and oxygen atoms in total. The van der Waals surface area contributed by atoms with Crippen molar-refractivity contribution in [2.45, 2.75) is 26.3 Å². The highest BCUT2D eigenvalue weighted by Crippen LogP contribution is 2.42. The van der Waals surface area contributed by atoms with Crippen molar-refractivity contribution in [1.29, 1.82) is 0 Å². The lowest BCUT2D eigenvalue weighted by molar-refractivity contribution is 0.513. The molecule has 1 aliphatic rings. The van der Waals surface area contributed by atoms with Crippen LogP contribution in [0.15, 0.2) is 42.7 Å². The summed E-state index contributed by atoms with van der Waals surface area (Å²) < 4.78 is 0. The van der Waals surface area contributed by atoms with Crippen LogP contribution < -0.4 is 4.90 Å². The Morgan fingerprint density at radius 3 is 2.62 bits per heavy atom. The number of hydrogen-bond acceptors (Lipinski definition) is 4. The van der Waals surface area contributed by atoms with E-state index in [0.717, 1.165) is 46.8 Å². The third-order valence-corrected chi connectivity index (χ3v) is 6.07. The number of aryl methyl sites for hydroxylation is 1. The molecule has 0 amide bonds. The van der Waals surface area contributed by atoms with Gasteiger partial charge in [-0.05, 0) is 55.2 Å². The molecule has 2 aromatic heterocycles. The van der Waals surface area contributed by atoms with Crippen LogP contribution in [-0.4, -0.2) is 31.5 Å². The topological polar surface area (TPSA) is 62.6 Å². The second-order valence-electron chi connectivity index (χ2n) is 7.60. The first-order chi connectivity index (χ1) is 14.0. The van der Waals surface area contributed by atoms with Gasteiger partial charge in [0.05, 0.1) is 35.2 Å². The van der Waals surface area contributed by atoms with Gasteiger partial charge in [0, 0.05) is 16.6 Å². The molecule has 2 aromatic carbocycles. The number of anilines is 1. The summed E-state index contributed by atoms with van der Waals surface area (Å²) in [5, 5.41) is 10.0. The van der Waals surface area contributed by atoms with Gasteiger partial charge in [-0.25, -0.2) is 4.98 Å². The van der Waals surface area contributed by atoms with Crippen molar-refractivity contribution in [3.05, 3.63) is 64.2 Å². The molecule has 5 rings (SSSR count). The number of fused-ring (bicyclic) bond motifs is 1. The van der Waals surface area contributed by atoms with E-state index in [1.807, 2.05) is 37.3 Å². The number of rotatable bonds is 3. The second-order valence-corrected chi connectivity index (χ2v) is 8.47. The van der Waals surface area contributed by atoms with Gasteiger partial charge in [-0.15, -0.1) is 4.80 Å². The Labute approximate surface area is 178 Å². The number of benzene rings is 2. The molecule has 3 heterocycles. The van der Waals surface area contributed by atoms with Gasteiger partial charge < -0.3 is 9.88 Å². The van der Waals surface area contributed by atoms with E-state index in [9.17, 15) is 0 Å². The Kier molecular flexibility index (Phi) is 4.48. The van der Waals surface area contributed by atoms with Gasteiger partial charge in [0.15, 0.2) is 0 Å². The van der Waals surface area contributed by atoms with Crippen LogP contribution in [0.2, 0.25) is 10.0 Å². The first kappa shape index (κ1) is 18.5. The summed E-state index contributed by atoms with van der Waals surface area (Å²) in [6, 6.07) is 9.78. The molecule has 1 saturated heterocycles. The zero-order valence-electron chi connectivity index (χ0n) is 16.1.